The highest BCUT2D eigenvalue weighted by atomic mass is 35.5. The van der Waals surface area contributed by atoms with E-state index >= 15 is 0 Å². The highest BCUT2D eigenvalue weighted by Gasteiger charge is 2.33. The smallest absolute Gasteiger partial charge is 0.246 e. The van der Waals surface area contributed by atoms with Crippen molar-refractivity contribution in [1.82, 2.24) is 4.31 Å². The van der Waals surface area contributed by atoms with Crippen molar-refractivity contribution in [3.05, 3.63) is 29.0 Å². The summed E-state index contributed by atoms with van der Waals surface area (Å²) in [5.41, 5.74) is 0. The fraction of sp³-hybridized carbons (Fsp3) is 0.400. The maximum atomic E-state index is 13.6. The standard InChI is InChI=1S/C10H11ClFNO3S/c11-8-2-1-3-9(10(8)12)17(15,16)13-5-4-7(14)6-13/h1-3,7,14H,4-6H2/t7-/m0/s1. The van der Waals surface area contributed by atoms with Gasteiger partial charge in [0.1, 0.15) is 4.90 Å². The Morgan fingerprint density at radius 3 is 2.76 bits per heavy atom. The number of aliphatic hydroxyl groups is 1. The maximum absolute atomic E-state index is 13.6. The van der Waals surface area contributed by atoms with Crippen molar-refractivity contribution >= 4 is 21.6 Å². The van der Waals surface area contributed by atoms with Crippen LogP contribution in [0, 0.1) is 5.82 Å². The van der Waals surface area contributed by atoms with Crippen LogP contribution in [0.5, 0.6) is 0 Å². The summed E-state index contributed by atoms with van der Waals surface area (Å²) in [5.74, 6) is -0.949. The second-order valence-electron chi connectivity index (χ2n) is 3.86. The lowest BCUT2D eigenvalue weighted by Crippen LogP contribution is -2.30. The minimum Gasteiger partial charge on any atom is -0.392 e. The van der Waals surface area contributed by atoms with E-state index in [1.54, 1.807) is 0 Å². The summed E-state index contributed by atoms with van der Waals surface area (Å²) in [5, 5.41) is 9.08. The molecule has 1 saturated heterocycles. The molecule has 7 heteroatoms. The summed E-state index contributed by atoms with van der Waals surface area (Å²) < 4.78 is 38.8. The molecule has 2 rings (SSSR count). The molecule has 0 unspecified atom stereocenters. The largest absolute Gasteiger partial charge is 0.392 e. The van der Waals surface area contributed by atoms with Gasteiger partial charge in [-0.2, -0.15) is 4.31 Å². The zero-order valence-corrected chi connectivity index (χ0v) is 10.4. The number of rotatable bonds is 2. The third-order valence-corrected chi connectivity index (χ3v) is 4.83. The summed E-state index contributed by atoms with van der Waals surface area (Å²) in [6.45, 7) is 0.184. The summed E-state index contributed by atoms with van der Waals surface area (Å²) in [7, 11) is -3.91. The Bertz CT molecular complexity index is 534. The van der Waals surface area contributed by atoms with E-state index in [0.717, 1.165) is 4.31 Å². The van der Waals surface area contributed by atoms with Crippen LogP contribution in [0.1, 0.15) is 6.42 Å². The summed E-state index contributed by atoms with van der Waals surface area (Å²) in [6.07, 6.45) is -0.325. The van der Waals surface area contributed by atoms with Crippen LogP contribution in [0.25, 0.3) is 0 Å². The molecule has 0 aromatic heterocycles. The second kappa shape index (κ2) is 4.53. The van der Waals surface area contributed by atoms with Gasteiger partial charge in [0.2, 0.25) is 10.0 Å². The molecule has 4 nitrogen and oxygen atoms in total. The first-order valence-corrected chi connectivity index (χ1v) is 6.87. The van der Waals surface area contributed by atoms with Gasteiger partial charge in [0.15, 0.2) is 5.82 Å². The normalized spacial score (nSPS) is 21.9. The van der Waals surface area contributed by atoms with Gasteiger partial charge < -0.3 is 5.11 Å². The first-order chi connectivity index (χ1) is 7.93. The summed E-state index contributed by atoms with van der Waals surface area (Å²) in [6, 6.07) is 3.83. The van der Waals surface area contributed by atoms with Crippen LogP contribution in [0.2, 0.25) is 5.02 Å². The van der Waals surface area contributed by atoms with E-state index in [-0.39, 0.29) is 18.1 Å². The number of β-amino-alcohol motifs (C(OH)–C–C–N with tert-alkyl or cyclic N) is 1. The topological polar surface area (TPSA) is 57.6 Å². The SMILES string of the molecule is O=S(=O)(c1cccc(Cl)c1F)N1CC[C@H](O)C1. The Morgan fingerprint density at radius 1 is 1.47 bits per heavy atom. The van der Waals surface area contributed by atoms with Gasteiger partial charge in [-0.25, -0.2) is 12.8 Å². The average molecular weight is 280 g/mol. The minimum absolute atomic E-state index is 0.00567. The van der Waals surface area contributed by atoms with Gasteiger partial charge >= 0.3 is 0 Å². The molecule has 1 N–H and O–H groups in total. The fourth-order valence-corrected chi connectivity index (χ4v) is 3.56. The van der Waals surface area contributed by atoms with E-state index in [9.17, 15) is 17.9 Å². The Balaban J connectivity index is 2.42. The van der Waals surface area contributed by atoms with Crippen LogP contribution in [-0.2, 0) is 10.0 Å². The van der Waals surface area contributed by atoms with Gasteiger partial charge in [-0.05, 0) is 18.6 Å². The molecule has 0 amide bonds. The van der Waals surface area contributed by atoms with Gasteiger partial charge in [0.05, 0.1) is 11.1 Å². The van der Waals surface area contributed by atoms with Gasteiger partial charge in [-0.15, -0.1) is 0 Å². The predicted octanol–water partition coefficient (Wildman–Crippen LogP) is 1.23. The molecule has 17 heavy (non-hydrogen) atoms. The third-order valence-electron chi connectivity index (χ3n) is 2.66. The molecular formula is C10H11ClFNO3S. The Morgan fingerprint density at radius 2 is 2.18 bits per heavy atom. The highest BCUT2D eigenvalue weighted by molar-refractivity contribution is 7.89. The Kier molecular flexibility index (Phi) is 3.40. The van der Waals surface area contributed by atoms with Crippen LogP contribution in [0.4, 0.5) is 4.39 Å². The molecule has 0 aliphatic carbocycles. The number of hydrogen-bond acceptors (Lipinski definition) is 3. The van der Waals surface area contributed by atoms with E-state index in [1.807, 2.05) is 0 Å². The molecule has 0 saturated carbocycles. The number of benzene rings is 1. The first-order valence-electron chi connectivity index (χ1n) is 5.05. The van der Waals surface area contributed by atoms with Crippen molar-refractivity contribution in [1.29, 1.82) is 0 Å². The molecule has 0 bridgehead atoms. The Labute approximate surface area is 104 Å². The van der Waals surface area contributed by atoms with Crippen LogP contribution in [0.15, 0.2) is 23.1 Å². The molecule has 0 spiro atoms. The van der Waals surface area contributed by atoms with E-state index in [0.29, 0.717) is 6.42 Å². The number of hydrogen-bond donors (Lipinski definition) is 1. The van der Waals surface area contributed by atoms with E-state index in [4.69, 9.17) is 11.6 Å². The summed E-state index contributed by atoms with van der Waals surface area (Å²) >= 11 is 5.55. The third kappa shape index (κ3) is 2.30. The van der Waals surface area contributed by atoms with Gasteiger partial charge in [0, 0.05) is 13.1 Å². The maximum Gasteiger partial charge on any atom is 0.246 e. The van der Waals surface area contributed by atoms with Crippen molar-refractivity contribution in [2.45, 2.75) is 17.4 Å². The Hall–Kier alpha value is -0.690. The average Bonchev–Trinajstić information content (AvgIpc) is 2.69. The van der Waals surface area contributed by atoms with E-state index in [2.05, 4.69) is 0 Å². The van der Waals surface area contributed by atoms with Gasteiger partial charge in [-0.1, -0.05) is 17.7 Å². The molecule has 1 fully saturated rings. The molecule has 1 atom stereocenters. The van der Waals surface area contributed by atoms with Crippen molar-refractivity contribution in [2.75, 3.05) is 13.1 Å². The van der Waals surface area contributed by atoms with E-state index in [1.165, 1.54) is 18.2 Å². The monoisotopic (exact) mass is 279 g/mol. The number of halogens is 2. The lowest BCUT2D eigenvalue weighted by molar-refractivity contribution is 0.189. The molecule has 1 heterocycles. The lowest BCUT2D eigenvalue weighted by atomic mass is 10.3. The van der Waals surface area contributed by atoms with Crippen LogP contribution in [-0.4, -0.2) is 37.0 Å². The van der Waals surface area contributed by atoms with Gasteiger partial charge in [0.25, 0.3) is 0 Å². The zero-order chi connectivity index (χ0) is 12.6. The second-order valence-corrected chi connectivity index (χ2v) is 6.17. The number of aliphatic hydroxyl groups excluding tert-OH is 1. The van der Waals surface area contributed by atoms with Crippen molar-refractivity contribution in [3.8, 4) is 0 Å². The molecule has 1 aromatic rings. The summed E-state index contributed by atoms with van der Waals surface area (Å²) in [4.78, 5) is -0.445. The molecule has 1 aliphatic rings. The molecule has 1 aliphatic heterocycles. The van der Waals surface area contributed by atoms with Crippen molar-refractivity contribution in [3.63, 3.8) is 0 Å². The minimum atomic E-state index is -3.91. The van der Waals surface area contributed by atoms with E-state index < -0.39 is 26.8 Å². The molecule has 94 valence electrons. The highest BCUT2D eigenvalue weighted by Crippen LogP contribution is 2.26. The van der Waals surface area contributed by atoms with Crippen LogP contribution >= 0.6 is 11.6 Å². The van der Waals surface area contributed by atoms with Crippen molar-refractivity contribution in [2.24, 2.45) is 0 Å². The first kappa shape index (κ1) is 12.8. The molecular weight excluding hydrogens is 269 g/mol. The number of sulfonamides is 1. The zero-order valence-electron chi connectivity index (χ0n) is 8.81. The lowest BCUT2D eigenvalue weighted by Gasteiger charge is -2.16. The van der Waals surface area contributed by atoms with Crippen LogP contribution in [0.3, 0.4) is 0 Å². The fourth-order valence-electron chi connectivity index (χ4n) is 1.75. The molecule has 0 radical (unpaired) electrons. The predicted molar refractivity (Wildman–Crippen MR) is 60.8 cm³/mol. The van der Waals surface area contributed by atoms with Gasteiger partial charge in [-0.3, -0.25) is 0 Å². The van der Waals surface area contributed by atoms with Crippen molar-refractivity contribution < 1.29 is 17.9 Å². The number of nitrogens with zero attached hydrogens (tertiary/aromatic N) is 1. The molecule has 1 aromatic carbocycles. The van der Waals surface area contributed by atoms with Crippen LogP contribution < -0.4 is 0 Å². The quantitative estimate of drug-likeness (QED) is 0.886.